The molecule has 2 aromatic carbocycles. The van der Waals surface area contributed by atoms with Crippen molar-refractivity contribution in [3.8, 4) is 5.75 Å². The standard InChI is InChI=1S/C19H22O2/c1-14(2)12-18(16-10-7-11-17(13-16)21-3)19(20)15-8-5-4-6-9-15/h4-11,13-14,18H,12H2,1-3H3. The lowest BCUT2D eigenvalue weighted by atomic mass is 9.84. The van der Waals surface area contributed by atoms with Gasteiger partial charge in [-0.05, 0) is 30.0 Å². The number of ketones is 1. The summed E-state index contributed by atoms with van der Waals surface area (Å²) in [6, 6.07) is 17.3. The quantitative estimate of drug-likeness (QED) is 0.717. The molecule has 0 bridgehead atoms. The van der Waals surface area contributed by atoms with Crippen LogP contribution in [0.4, 0.5) is 0 Å². The highest BCUT2D eigenvalue weighted by molar-refractivity contribution is 6.01. The number of carbonyl (C=O) groups is 1. The van der Waals surface area contributed by atoms with Crippen molar-refractivity contribution in [2.75, 3.05) is 7.11 Å². The Kier molecular flexibility index (Phi) is 5.15. The number of methoxy groups -OCH3 is 1. The van der Waals surface area contributed by atoms with Gasteiger partial charge in [-0.1, -0.05) is 56.3 Å². The number of Topliss-reactive ketones (excluding diaryl/α,β-unsaturated/α-hetero) is 1. The Hall–Kier alpha value is -2.09. The molecule has 2 heteroatoms. The molecule has 110 valence electrons. The highest BCUT2D eigenvalue weighted by Gasteiger charge is 2.23. The van der Waals surface area contributed by atoms with Crippen LogP contribution >= 0.6 is 0 Å². The molecule has 0 fully saturated rings. The van der Waals surface area contributed by atoms with E-state index in [1.54, 1.807) is 7.11 Å². The fourth-order valence-corrected chi connectivity index (χ4v) is 2.53. The zero-order valence-corrected chi connectivity index (χ0v) is 12.9. The van der Waals surface area contributed by atoms with Gasteiger partial charge in [0.05, 0.1) is 7.11 Å². The van der Waals surface area contributed by atoms with E-state index in [2.05, 4.69) is 13.8 Å². The maximum absolute atomic E-state index is 12.8. The van der Waals surface area contributed by atoms with E-state index in [0.717, 1.165) is 23.3 Å². The fraction of sp³-hybridized carbons (Fsp3) is 0.316. The Morgan fingerprint density at radius 3 is 2.38 bits per heavy atom. The van der Waals surface area contributed by atoms with Gasteiger partial charge in [0.15, 0.2) is 5.78 Å². The second kappa shape index (κ2) is 7.07. The summed E-state index contributed by atoms with van der Waals surface area (Å²) in [5, 5.41) is 0. The first-order valence-electron chi connectivity index (χ1n) is 7.35. The van der Waals surface area contributed by atoms with Crippen LogP contribution in [-0.2, 0) is 0 Å². The van der Waals surface area contributed by atoms with Gasteiger partial charge in [-0.2, -0.15) is 0 Å². The normalized spacial score (nSPS) is 12.2. The van der Waals surface area contributed by atoms with Crippen LogP contribution in [-0.4, -0.2) is 12.9 Å². The molecule has 0 saturated carbocycles. The van der Waals surface area contributed by atoms with E-state index < -0.39 is 0 Å². The van der Waals surface area contributed by atoms with E-state index in [-0.39, 0.29) is 11.7 Å². The number of ether oxygens (including phenoxy) is 1. The molecule has 0 aliphatic carbocycles. The lowest BCUT2D eigenvalue weighted by molar-refractivity contribution is 0.0948. The molecule has 0 heterocycles. The van der Waals surface area contributed by atoms with Crippen molar-refractivity contribution in [1.82, 2.24) is 0 Å². The lowest BCUT2D eigenvalue weighted by Gasteiger charge is -2.19. The number of hydrogen-bond acceptors (Lipinski definition) is 2. The zero-order chi connectivity index (χ0) is 15.2. The molecular formula is C19H22O2. The molecule has 2 nitrogen and oxygen atoms in total. The summed E-state index contributed by atoms with van der Waals surface area (Å²) in [5.74, 6) is 1.30. The Morgan fingerprint density at radius 1 is 1.05 bits per heavy atom. The van der Waals surface area contributed by atoms with Crippen molar-refractivity contribution in [2.24, 2.45) is 5.92 Å². The molecule has 0 aliphatic heterocycles. The smallest absolute Gasteiger partial charge is 0.170 e. The van der Waals surface area contributed by atoms with E-state index in [4.69, 9.17) is 4.74 Å². The molecule has 0 saturated heterocycles. The van der Waals surface area contributed by atoms with Gasteiger partial charge in [0.1, 0.15) is 5.75 Å². The molecular weight excluding hydrogens is 260 g/mol. The molecule has 0 spiro atoms. The first-order chi connectivity index (χ1) is 10.1. The predicted octanol–water partition coefficient (Wildman–Crippen LogP) is 4.71. The van der Waals surface area contributed by atoms with E-state index in [1.807, 2.05) is 54.6 Å². The summed E-state index contributed by atoms with van der Waals surface area (Å²) >= 11 is 0. The van der Waals surface area contributed by atoms with Crippen LogP contribution in [0.3, 0.4) is 0 Å². The molecule has 0 N–H and O–H groups in total. The van der Waals surface area contributed by atoms with Crippen LogP contribution in [0, 0.1) is 5.92 Å². The molecule has 1 atom stereocenters. The monoisotopic (exact) mass is 282 g/mol. The van der Waals surface area contributed by atoms with Gasteiger partial charge in [-0.15, -0.1) is 0 Å². The third-order valence-electron chi connectivity index (χ3n) is 3.58. The zero-order valence-electron chi connectivity index (χ0n) is 12.9. The van der Waals surface area contributed by atoms with Crippen molar-refractivity contribution >= 4 is 5.78 Å². The summed E-state index contributed by atoms with van der Waals surface area (Å²) in [6.07, 6.45) is 0.834. The van der Waals surface area contributed by atoms with E-state index in [1.165, 1.54) is 0 Å². The van der Waals surface area contributed by atoms with Crippen molar-refractivity contribution in [3.05, 3.63) is 65.7 Å². The highest BCUT2D eigenvalue weighted by atomic mass is 16.5. The molecule has 2 aromatic rings. The molecule has 0 amide bonds. The summed E-state index contributed by atoms with van der Waals surface area (Å²) < 4.78 is 5.28. The van der Waals surface area contributed by atoms with Gasteiger partial charge in [0.25, 0.3) is 0 Å². The third-order valence-corrected chi connectivity index (χ3v) is 3.58. The second-order valence-corrected chi connectivity index (χ2v) is 5.69. The Balaban J connectivity index is 2.36. The first-order valence-corrected chi connectivity index (χ1v) is 7.35. The highest BCUT2D eigenvalue weighted by Crippen LogP contribution is 2.29. The number of benzene rings is 2. The minimum atomic E-state index is -0.123. The van der Waals surface area contributed by atoms with E-state index >= 15 is 0 Å². The van der Waals surface area contributed by atoms with Crippen molar-refractivity contribution in [3.63, 3.8) is 0 Å². The maximum Gasteiger partial charge on any atom is 0.170 e. The Bertz CT molecular complexity index is 588. The average Bonchev–Trinajstić information content (AvgIpc) is 2.52. The van der Waals surface area contributed by atoms with Crippen LogP contribution in [0.25, 0.3) is 0 Å². The summed E-state index contributed by atoms with van der Waals surface area (Å²) in [4.78, 5) is 12.8. The Morgan fingerprint density at radius 2 is 1.76 bits per heavy atom. The topological polar surface area (TPSA) is 26.3 Å². The van der Waals surface area contributed by atoms with E-state index in [9.17, 15) is 4.79 Å². The first kappa shape index (κ1) is 15.3. The number of rotatable bonds is 6. The van der Waals surface area contributed by atoms with Crippen molar-refractivity contribution < 1.29 is 9.53 Å². The second-order valence-electron chi connectivity index (χ2n) is 5.69. The van der Waals surface area contributed by atoms with Gasteiger partial charge in [-0.25, -0.2) is 0 Å². The minimum Gasteiger partial charge on any atom is -0.497 e. The Labute approximate surface area is 126 Å². The van der Waals surface area contributed by atoms with Gasteiger partial charge < -0.3 is 4.74 Å². The maximum atomic E-state index is 12.8. The largest absolute Gasteiger partial charge is 0.497 e. The SMILES string of the molecule is COc1cccc(C(CC(C)C)C(=O)c2ccccc2)c1. The number of hydrogen-bond donors (Lipinski definition) is 0. The van der Waals surface area contributed by atoms with Gasteiger partial charge in [0.2, 0.25) is 0 Å². The summed E-state index contributed by atoms with van der Waals surface area (Å²) in [5.41, 5.74) is 1.79. The fourth-order valence-electron chi connectivity index (χ4n) is 2.53. The van der Waals surface area contributed by atoms with Gasteiger partial charge in [0, 0.05) is 11.5 Å². The molecule has 2 rings (SSSR count). The molecule has 21 heavy (non-hydrogen) atoms. The van der Waals surface area contributed by atoms with Crippen LogP contribution in [0.1, 0.15) is 42.1 Å². The minimum absolute atomic E-state index is 0.123. The number of carbonyl (C=O) groups excluding carboxylic acids is 1. The third kappa shape index (κ3) is 3.94. The van der Waals surface area contributed by atoms with Crippen LogP contribution in [0.15, 0.2) is 54.6 Å². The van der Waals surface area contributed by atoms with Crippen molar-refractivity contribution in [1.29, 1.82) is 0 Å². The van der Waals surface area contributed by atoms with Crippen LogP contribution in [0.5, 0.6) is 5.75 Å². The van der Waals surface area contributed by atoms with Crippen LogP contribution in [0.2, 0.25) is 0 Å². The molecule has 1 unspecified atom stereocenters. The molecule has 0 radical (unpaired) electrons. The predicted molar refractivity (Wildman–Crippen MR) is 86.0 cm³/mol. The average molecular weight is 282 g/mol. The van der Waals surface area contributed by atoms with Gasteiger partial charge in [-0.3, -0.25) is 4.79 Å². The van der Waals surface area contributed by atoms with Crippen molar-refractivity contribution in [2.45, 2.75) is 26.2 Å². The summed E-state index contributed by atoms with van der Waals surface area (Å²) in [6.45, 7) is 4.29. The molecule has 0 aliphatic rings. The summed E-state index contributed by atoms with van der Waals surface area (Å²) in [7, 11) is 1.65. The van der Waals surface area contributed by atoms with Crippen LogP contribution < -0.4 is 4.74 Å². The molecule has 0 aromatic heterocycles. The lowest BCUT2D eigenvalue weighted by Crippen LogP contribution is -2.15. The van der Waals surface area contributed by atoms with Gasteiger partial charge >= 0.3 is 0 Å². The van der Waals surface area contributed by atoms with E-state index in [0.29, 0.717) is 5.92 Å².